The molecule has 0 spiro atoms. The predicted octanol–water partition coefficient (Wildman–Crippen LogP) is 6.24. The van der Waals surface area contributed by atoms with Crippen molar-refractivity contribution >= 4 is 41.2 Å². The molecular formula is C23H20ClF3N4O2S. The summed E-state index contributed by atoms with van der Waals surface area (Å²) >= 11 is 7.24. The molecule has 0 saturated carbocycles. The summed E-state index contributed by atoms with van der Waals surface area (Å²) < 4.78 is 43.7. The Balaban J connectivity index is 1.54. The maximum absolute atomic E-state index is 13.6. The highest BCUT2D eigenvalue weighted by molar-refractivity contribution is 8.00. The van der Waals surface area contributed by atoms with Crippen LogP contribution in [0, 0.1) is 5.92 Å². The molecule has 34 heavy (non-hydrogen) atoms. The summed E-state index contributed by atoms with van der Waals surface area (Å²) in [7, 11) is 0. The Morgan fingerprint density at radius 3 is 2.65 bits per heavy atom. The van der Waals surface area contributed by atoms with Gasteiger partial charge in [0.1, 0.15) is 16.7 Å². The van der Waals surface area contributed by atoms with Crippen LogP contribution in [0.4, 0.5) is 24.8 Å². The largest absolute Gasteiger partial charge is 0.481 e. The number of piperidine rings is 1. The summed E-state index contributed by atoms with van der Waals surface area (Å²) in [5.74, 6) is -0.400. The van der Waals surface area contributed by atoms with E-state index in [4.69, 9.17) is 11.6 Å². The minimum absolute atomic E-state index is 0.167. The first kappa shape index (κ1) is 24.2. The van der Waals surface area contributed by atoms with E-state index in [2.05, 4.69) is 14.7 Å². The topological polar surface area (TPSA) is 78.4 Å². The molecule has 0 aliphatic carbocycles. The maximum Gasteiger partial charge on any atom is 0.418 e. The van der Waals surface area contributed by atoms with Gasteiger partial charge in [-0.05, 0) is 43.2 Å². The summed E-state index contributed by atoms with van der Waals surface area (Å²) in [6.45, 7) is 1.09. The van der Waals surface area contributed by atoms with Gasteiger partial charge in [-0.15, -0.1) is 0 Å². The lowest BCUT2D eigenvalue weighted by atomic mass is 9.98. The number of carbonyl (C=O) groups is 1. The van der Waals surface area contributed by atoms with Gasteiger partial charge in [0.05, 0.1) is 17.2 Å². The molecule has 3 heterocycles. The number of halogens is 4. The van der Waals surface area contributed by atoms with E-state index in [0.29, 0.717) is 30.4 Å². The van der Waals surface area contributed by atoms with Gasteiger partial charge in [0, 0.05) is 35.6 Å². The third-order valence-corrected chi connectivity index (χ3v) is 6.47. The summed E-state index contributed by atoms with van der Waals surface area (Å²) in [4.78, 5) is 22.0. The van der Waals surface area contributed by atoms with Gasteiger partial charge in [0.2, 0.25) is 0 Å². The van der Waals surface area contributed by atoms with Gasteiger partial charge >= 0.3 is 12.1 Å². The zero-order valence-corrected chi connectivity index (χ0v) is 19.3. The second-order valence-electron chi connectivity index (χ2n) is 7.73. The maximum atomic E-state index is 13.6. The first-order chi connectivity index (χ1) is 16.2. The average molecular weight is 509 g/mol. The lowest BCUT2D eigenvalue weighted by Crippen LogP contribution is -2.39. The molecule has 0 radical (unpaired) electrons. The van der Waals surface area contributed by atoms with Crippen LogP contribution in [0.3, 0.4) is 0 Å². The summed E-state index contributed by atoms with van der Waals surface area (Å²) in [6.07, 6.45) is -3.20. The highest BCUT2D eigenvalue weighted by atomic mass is 35.5. The lowest BCUT2D eigenvalue weighted by molar-refractivity contribution is -0.142. The molecule has 4 rings (SSSR count). The van der Waals surface area contributed by atoms with Gasteiger partial charge in [-0.3, -0.25) is 4.79 Å². The molecule has 1 aliphatic heterocycles. The number of nitrogens with zero attached hydrogens (tertiary/aromatic N) is 3. The molecule has 1 aromatic carbocycles. The minimum Gasteiger partial charge on any atom is -0.481 e. The smallest absolute Gasteiger partial charge is 0.418 e. The van der Waals surface area contributed by atoms with Crippen molar-refractivity contribution in [1.82, 2.24) is 9.97 Å². The highest BCUT2D eigenvalue weighted by Gasteiger charge is 2.35. The number of rotatable bonds is 6. The summed E-state index contributed by atoms with van der Waals surface area (Å²) in [5, 5.41) is 10.0. The summed E-state index contributed by atoms with van der Waals surface area (Å²) in [6, 6.07) is 13.8. The standard InChI is InChI=1S/C23H20ClF3N4O2S/c24-17-7-2-1-6-15(17)21-16(23(25,26)27)10-11-18(28-21)30-34-20-9-3-8-19(29-20)31-12-4-5-14(13-31)22(32)33/h1-3,6-11,14H,4-5,12-13H2,(H,28,30)(H,32,33). The molecule has 1 atom stereocenters. The van der Waals surface area contributed by atoms with Crippen molar-refractivity contribution in [3.63, 3.8) is 0 Å². The molecule has 6 nitrogen and oxygen atoms in total. The Labute approximate surface area is 203 Å². The Morgan fingerprint density at radius 2 is 1.91 bits per heavy atom. The first-order valence-electron chi connectivity index (χ1n) is 10.4. The quantitative estimate of drug-likeness (QED) is 0.382. The monoisotopic (exact) mass is 508 g/mol. The zero-order chi connectivity index (χ0) is 24.3. The van der Waals surface area contributed by atoms with Crippen LogP contribution in [0.2, 0.25) is 5.02 Å². The zero-order valence-electron chi connectivity index (χ0n) is 17.7. The van der Waals surface area contributed by atoms with Crippen LogP contribution in [-0.2, 0) is 11.0 Å². The number of nitrogens with one attached hydrogen (secondary N) is 1. The van der Waals surface area contributed by atoms with Gasteiger partial charge in [0.25, 0.3) is 0 Å². The number of hydrogen-bond acceptors (Lipinski definition) is 6. The second kappa shape index (κ2) is 10.1. The Morgan fingerprint density at radius 1 is 1.12 bits per heavy atom. The van der Waals surface area contributed by atoms with E-state index >= 15 is 0 Å². The fourth-order valence-corrected chi connectivity index (χ4v) is 4.57. The molecule has 3 aromatic rings. The Bertz CT molecular complexity index is 1190. The third kappa shape index (κ3) is 5.56. The molecule has 11 heteroatoms. The van der Waals surface area contributed by atoms with E-state index in [1.165, 1.54) is 18.2 Å². The molecule has 2 aromatic heterocycles. The molecular weight excluding hydrogens is 489 g/mol. The number of pyridine rings is 2. The van der Waals surface area contributed by atoms with Crippen LogP contribution in [-0.4, -0.2) is 34.1 Å². The fourth-order valence-electron chi connectivity index (χ4n) is 3.73. The van der Waals surface area contributed by atoms with Crippen molar-refractivity contribution in [3.05, 3.63) is 65.2 Å². The SMILES string of the molecule is O=C(O)C1CCCN(c2cccc(SNc3ccc(C(F)(F)F)c(-c4ccccc4Cl)n3)n2)C1. The molecule has 2 N–H and O–H groups in total. The average Bonchev–Trinajstić information content (AvgIpc) is 2.82. The van der Waals surface area contributed by atoms with Crippen LogP contribution >= 0.6 is 23.5 Å². The minimum atomic E-state index is -4.59. The molecule has 1 unspecified atom stereocenters. The van der Waals surface area contributed by atoms with Crippen molar-refractivity contribution in [2.45, 2.75) is 24.0 Å². The number of carboxylic acids is 1. The van der Waals surface area contributed by atoms with Crippen LogP contribution in [0.15, 0.2) is 59.6 Å². The number of carboxylic acid groups (broad SMARTS) is 1. The first-order valence-corrected chi connectivity index (χ1v) is 11.6. The third-order valence-electron chi connectivity index (χ3n) is 5.39. The van der Waals surface area contributed by atoms with Crippen LogP contribution in [0.25, 0.3) is 11.3 Å². The molecule has 1 aliphatic rings. The van der Waals surface area contributed by atoms with E-state index in [1.54, 1.807) is 30.3 Å². The molecule has 178 valence electrons. The van der Waals surface area contributed by atoms with Gasteiger partial charge in [-0.2, -0.15) is 13.2 Å². The predicted molar refractivity (Wildman–Crippen MR) is 126 cm³/mol. The lowest BCUT2D eigenvalue weighted by Gasteiger charge is -2.31. The number of anilines is 2. The van der Waals surface area contributed by atoms with Crippen LogP contribution in [0.1, 0.15) is 18.4 Å². The molecule has 1 saturated heterocycles. The second-order valence-corrected chi connectivity index (χ2v) is 8.97. The number of hydrogen-bond donors (Lipinski definition) is 2. The fraction of sp³-hybridized carbons (Fsp3) is 0.261. The van der Waals surface area contributed by atoms with E-state index in [0.717, 1.165) is 24.4 Å². The van der Waals surface area contributed by atoms with Crippen molar-refractivity contribution in [2.75, 3.05) is 22.7 Å². The van der Waals surface area contributed by atoms with E-state index in [-0.39, 0.29) is 22.1 Å². The number of alkyl halides is 3. The molecule has 1 fully saturated rings. The van der Waals surface area contributed by atoms with Crippen LogP contribution in [0.5, 0.6) is 0 Å². The van der Waals surface area contributed by atoms with Gasteiger partial charge in [-0.1, -0.05) is 35.9 Å². The van der Waals surface area contributed by atoms with Gasteiger partial charge in [0.15, 0.2) is 0 Å². The molecule has 0 bridgehead atoms. The van der Waals surface area contributed by atoms with E-state index in [1.807, 2.05) is 4.90 Å². The Kier molecular flexibility index (Phi) is 7.18. The van der Waals surface area contributed by atoms with Crippen molar-refractivity contribution < 1.29 is 23.1 Å². The Hall–Kier alpha value is -2.98. The van der Waals surface area contributed by atoms with Crippen molar-refractivity contribution in [3.8, 4) is 11.3 Å². The van der Waals surface area contributed by atoms with Crippen molar-refractivity contribution in [1.29, 1.82) is 0 Å². The molecule has 0 amide bonds. The van der Waals surface area contributed by atoms with Gasteiger partial charge in [-0.25, -0.2) is 9.97 Å². The normalized spacial score (nSPS) is 16.4. The summed E-state index contributed by atoms with van der Waals surface area (Å²) in [5.41, 5.74) is -0.962. The van der Waals surface area contributed by atoms with Crippen molar-refractivity contribution in [2.24, 2.45) is 5.92 Å². The van der Waals surface area contributed by atoms with E-state index < -0.39 is 23.6 Å². The van der Waals surface area contributed by atoms with Crippen LogP contribution < -0.4 is 9.62 Å². The van der Waals surface area contributed by atoms with E-state index in [9.17, 15) is 23.1 Å². The number of aliphatic carboxylic acids is 1. The number of benzene rings is 1. The number of aromatic nitrogens is 2. The highest BCUT2D eigenvalue weighted by Crippen LogP contribution is 2.39. The van der Waals surface area contributed by atoms with Gasteiger partial charge < -0.3 is 14.7 Å².